The molecule has 1 aromatic rings. The zero-order valence-corrected chi connectivity index (χ0v) is 8.25. The summed E-state index contributed by atoms with van der Waals surface area (Å²) in [6.07, 6.45) is 0. The number of carbonyl (C=O) groups excluding carboxylic acids is 1. The van der Waals surface area contributed by atoms with Gasteiger partial charge in [0.15, 0.2) is 5.84 Å². The molecule has 0 radical (unpaired) electrons. The fraction of sp³-hybridized carbons (Fsp3) is 0.200. The number of esters is 1. The zero-order chi connectivity index (χ0) is 11.3. The predicted octanol–water partition coefficient (Wildman–Crippen LogP) is 0.690. The van der Waals surface area contributed by atoms with E-state index in [4.69, 9.17) is 10.9 Å². The van der Waals surface area contributed by atoms with Crippen molar-refractivity contribution in [1.29, 1.82) is 0 Å². The highest BCUT2D eigenvalue weighted by Gasteiger charge is 2.25. The van der Waals surface area contributed by atoms with Gasteiger partial charge in [-0.25, -0.2) is 0 Å². The van der Waals surface area contributed by atoms with E-state index in [2.05, 4.69) is 9.89 Å². The number of nitrogens with two attached hydrogens (primary N) is 1. The minimum absolute atomic E-state index is 0.187. The molecule has 1 atom stereocenters. The molecule has 1 unspecified atom stereocenters. The molecule has 5 nitrogen and oxygen atoms in total. The Balaban J connectivity index is 3.08. The fourth-order valence-electron chi connectivity index (χ4n) is 1.25. The lowest BCUT2D eigenvalue weighted by Crippen LogP contribution is -2.29. The Hall–Kier alpha value is -2.04. The van der Waals surface area contributed by atoms with E-state index in [1.54, 1.807) is 24.3 Å². The molecule has 0 bridgehead atoms. The summed E-state index contributed by atoms with van der Waals surface area (Å²) < 4.78 is 4.58. The number of methoxy groups -OCH3 is 1. The van der Waals surface area contributed by atoms with Crippen molar-refractivity contribution >= 4 is 11.8 Å². The summed E-state index contributed by atoms with van der Waals surface area (Å²) in [5.41, 5.74) is 6.05. The summed E-state index contributed by atoms with van der Waals surface area (Å²) in [5.74, 6) is -1.61. The first-order valence-corrected chi connectivity index (χ1v) is 4.31. The molecule has 0 heterocycles. The maximum atomic E-state index is 11.4. The molecule has 1 rings (SSSR count). The lowest BCUT2D eigenvalue weighted by Gasteiger charge is -2.12. The fourth-order valence-corrected chi connectivity index (χ4v) is 1.25. The quantitative estimate of drug-likeness (QED) is 0.251. The van der Waals surface area contributed by atoms with Crippen LogP contribution in [0.1, 0.15) is 11.5 Å². The van der Waals surface area contributed by atoms with Crippen LogP contribution in [-0.2, 0) is 9.53 Å². The average Bonchev–Trinajstić information content (AvgIpc) is 2.30. The third-order valence-electron chi connectivity index (χ3n) is 1.98. The Morgan fingerprint density at radius 2 is 2.07 bits per heavy atom. The second-order valence-electron chi connectivity index (χ2n) is 2.89. The first-order chi connectivity index (χ1) is 7.20. The summed E-state index contributed by atoms with van der Waals surface area (Å²) in [6.45, 7) is 0. The van der Waals surface area contributed by atoms with Crippen molar-refractivity contribution in [2.45, 2.75) is 5.92 Å². The van der Waals surface area contributed by atoms with E-state index in [0.717, 1.165) is 0 Å². The minimum atomic E-state index is -0.860. The van der Waals surface area contributed by atoms with E-state index >= 15 is 0 Å². The first kappa shape index (κ1) is 11.0. The summed E-state index contributed by atoms with van der Waals surface area (Å²) in [6, 6.07) is 8.75. The molecule has 0 aliphatic rings. The number of nitrogens with zero attached hydrogens (tertiary/aromatic N) is 1. The second kappa shape index (κ2) is 4.99. The van der Waals surface area contributed by atoms with Crippen LogP contribution in [0.5, 0.6) is 0 Å². The van der Waals surface area contributed by atoms with E-state index in [1.165, 1.54) is 7.11 Å². The summed E-state index contributed by atoms with van der Waals surface area (Å²) in [4.78, 5) is 11.4. The van der Waals surface area contributed by atoms with Gasteiger partial charge in [-0.3, -0.25) is 4.79 Å². The van der Waals surface area contributed by atoms with Crippen molar-refractivity contribution in [3.8, 4) is 0 Å². The normalized spacial score (nSPS) is 13.3. The lowest BCUT2D eigenvalue weighted by atomic mass is 9.98. The van der Waals surface area contributed by atoms with E-state index in [0.29, 0.717) is 5.56 Å². The topological polar surface area (TPSA) is 84.9 Å². The highest BCUT2D eigenvalue weighted by Crippen LogP contribution is 2.17. The second-order valence-corrected chi connectivity index (χ2v) is 2.89. The first-order valence-electron chi connectivity index (χ1n) is 4.31. The molecule has 0 saturated carbocycles. The number of hydrogen-bond acceptors (Lipinski definition) is 4. The number of carbonyl (C=O) groups is 1. The van der Waals surface area contributed by atoms with Crippen molar-refractivity contribution in [3.05, 3.63) is 35.9 Å². The van der Waals surface area contributed by atoms with Crippen molar-refractivity contribution in [3.63, 3.8) is 0 Å². The summed E-state index contributed by atoms with van der Waals surface area (Å²) in [7, 11) is 1.25. The molecule has 0 amide bonds. The van der Waals surface area contributed by atoms with Gasteiger partial charge in [-0.05, 0) is 5.56 Å². The molecule has 0 aliphatic heterocycles. The lowest BCUT2D eigenvalue weighted by molar-refractivity contribution is -0.140. The van der Waals surface area contributed by atoms with Crippen molar-refractivity contribution in [1.82, 2.24) is 0 Å². The highest BCUT2D eigenvalue weighted by atomic mass is 16.5. The molecule has 0 spiro atoms. The van der Waals surface area contributed by atoms with E-state index < -0.39 is 11.9 Å². The van der Waals surface area contributed by atoms with Gasteiger partial charge >= 0.3 is 5.97 Å². The van der Waals surface area contributed by atoms with Gasteiger partial charge in [-0.2, -0.15) is 0 Å². The monoisotopic (exact) mass is 208 g/mol. The van der Waals surface area contributed by atoms with E-state index in [-0.39, 0.29) is 5.84 Å². The largest absolute Gasteiger partial charge is 0.468 e. The maximum absolute atomic E-state index is 11.4. The van der Waals surface area contributed by atoms with Crippen LogP contribution in [-0.4, -0.2) is 24.1 Å². The molecule has 0 aliphatic carbocycles. The molecular weight excluding hydrogens is 196 g/mol. The molecule has 0 saturated heterocycles. The zero-order valence-electron chi connectivity index (χ0n) is 8.25. The van der Waals surface area contributed by atoms with E-state index in [1.807, 2.05) is 6.07 Å². The van der Waals surface area contributed by atoms with Gasteiger partial charge in [0, 0.05) is 0 Å². The maximum Gasteiger partial charge on any atom is 0.320 e. The van der Waals surface area contributed by atoms with Crippen LogP contribution in [0, 0.1) is 0 Å². The van der Waals surface area contributed by atoms with Crippen LogP contribution in [0.25, 0.3) is 0 Å². The van der Waals surface area contributed by atoms with E-state index in [9.17, 15) is 4.79 Å². The summed E-state index contributed by atoms with van der Waals surface area (Å²) >= 11 is 0. The Kier molecular flexibility index (Phi) is 3.68. The molecule has 5 heteroatoms. The number of rotatable bonds is 3. The van der Waals surface area contributed by atoms with Gasteiger partial charge in [-0.15, -0.1) is 0 Å². The van der Waals surface area contributed by atoms with Gasteiger partial charge in [-0.1, -0.05) is 35.5 Å². The Morgan fingerprint density at radius 3 is 2.53 bits per heavy atom. The predicted molar refractivity (Wildman–Crippen MR) is 54.6 cm³/mol. The third-order valence-corrected chi connectivity index (χ3v) is 1.98. The van der Waals surface area contributed by atoms with Crippen LogP contribution in [0.2, 0.25) is 0 Å². The van der Waals surface area contributed by atoms with Gasteiger partial charge < -0.3 is 15.7 Å². The van der Waals surface area contributed by atoms with Crippen LogP contribution in [0.3, 0.4) is 0 Å². The SMILES string of the molecule is COC(=O)C(C(N)=NO)c1ccccc1. The third kappa shape index (κ3) is 2.46. The summed E-state index contributed by atoms with van der Waals surface area (Å²) in [5, 5.41) is 11.4. The van der Waals surface area contributed by atoms with Crippen molar-refractivity contribution in [2.75, 3.05) is 7.11 Å². The minimum Gasteiger partial charge on any atom is -0.468 e. The number of amidine groups is 1. The van der Waals surface area contributed by atoms with Crippen molar-refractivity contribution < 1.29 is 14.7 Å². The van der Waals surface area contributed by atoms with Crippen LogP contribution in [0.4, 0.5) is 0 Å². The molecule has 80 valence electrons. The van der Waals surface area contributed by atoms with Crippen LogP contribution < -0.4 is 5.73 Å². The van der Waals surface area contributed by atoms with Crippen LogP contribution >= 0.6 is 0 Å². The van der Waals surface area contributed by atoms with Crippen molar-refractivity contribution in [2.24, 2.45) is 10.9 Å². The number of ether oxygens (including phenoxy) is 1. The number of benzene rings is 1. The highest BCUT2D eigenvalue weighted by molar-refractivity contribution is 6.05. The molecule has 0 aromatic heterocycles. The molecule has 3 N–H and O–H groups in total. The Labute approximate surface area is 87.1 Å². The van der Waals surface area contributed by atoms with Gasteiger partial charge in [0.05, 0.1) is 7.11 Å². The average molecular weight is 208 g/mol. The molecule has 1 aromatic carbocycles. The molecular formula is C10H12N2O3. The molecule has 15 heavy (non-hydrogen) atoms. The molecule has 0 fully saturated rings. The van der Waals surface area contributed by atoms with Crippen LogP contribution in [0.15, 0.2) is 35.5 Å². The smallest absolute Gasteiger partial charge is 0.320 e. The number of oxime groups is 1. The Bertz CT molecular complexity index is 362. The van der Waals surface area contributed by atoms with Gasteiger partial charge in [0.1, 0.15) is 5.92 Å². The standard InChI is InChI=1S/C10H12N2O3/c1-15-10(13)8(9(11)12-14)7-5-3-2-4-6-7/h2-6,8,14H,1H3,(H2,11,12). The Morgan fingerprint density at radius 1 is 1.47 bits per heavy atom. The van der Waals surface area contributed by atoms with Gasteiger partial charge in [0.25, 0.3) is 0 Å². The van der Waals surface area contributed by atoms with Gasteiger partial charge in [0.2, 0.25) is 0 Å². The number of hydrogen-bond donors (Lipinski definition) is 2.